The second kappa shape index (κ2) is 11.6. The number of aryl methyl sites for hydroxylation is 1. The summed E-state index contributed by atoms with van der Waals surface area (Å²) in [4.78, 5) is 17.8. The number of hydrogen-bond donors (Lipinski definition) is 1. The molecule has 0 aliphatic carbocycles. The molecule has 1 aromatic heterocycles. The summed E-state index contributed by atoms with van der Waals surface area (Å²) < 4.78 is 34.5. The Labute approximate surface area is 227 Å². The third kappa shape index (κ3) is 6.13. The Kier molecular flexibility index (Phi) is 8.31. The molecule has 0 spiro atoms. The molecular formula is C28H27ClN4O4S. The van der Waals surface area contributed by atoms with Crippen LogP contribution in [0.3, 0.4) is 0 Å². The van der Waals surface area contributed by atoms with E-state index in [2.05, 4.69) is 16.9 Å². The van der Waals surface area contributed by atoms with E-state index in [1.54, 1.807) is 35.0 Å². The van der Waals surface area contributed by atoms with Crippen LogP contribution in [0.5, 0.6) is 5.75 Å². The molecule has 1 amide bonds. The van der Waals surface area contributed by atoms with E-state index in [9.17, 15) is 13.2 Å². The highest BCUT2D eigenvalue weighted by Gasteiger charge is 2.26. The predicted octanol–water partition coefficient (Wildman–Crippen LogP) is 5.33. The molecular weight excluding hydrogens is 524 g/mol. The van der Waals surface area contributed by atoms with E-state index in [1.807, 2.05) is 43.3 Å². The molecule has 4 rings (SSSR count). The molecule has 0 bridgehead atoms. The van der Waals surface area contributed by atoms with Crippen LogP contribution in [-0.2, 0) is 14.8 Å². The number of nitrogens with one attached hydrogen (secondary N) is 1. The molecule has 0 fully saturated rings. The molecule has 8 nitrogen and oxygen atoms in total. The van der Waals surface area contributed by atoms with Gasteiger partial charge in [0.15, 0.2) is 0 Å². The molecule has 38 heavy (non-hydrogen) atoms. The molecule has 0 aliphatic heterocycles. The van der Waals surface area contributed by atoms with E-state index >= 15 is 0 Å². The predicted molar refractivity (Wildman–Crippen MR) is 149 cm³/mol. The third-order valence-electron chi connectivity index (χ3n) is 5.76. The number of nitrogens with zero attached hydrogens (tertiary/aromatic N) is 3. The molecule has 0 aliphatic rings. The van der Waals surface area contributed by atoms with Gasteiger partial charge >= 0.3 is 0 Å². The van der Waals surface area contributed by atoms with Crippen LogP contribution in [0.1, 0.15) is 5.56 Å². The van der Waals surface area contributed by atoms with Crippen molar-refractivity contribution in [2.75, 3.05) is 25.5 Å². The summed E-state index contributed by atoms with van der Waals surface area (Å²) in [5.41, 5.74) is 3.30. The van der Waals surface area contributed by atoms with Gasteiger partial charge in [-0.15, -0.1) is 6.58 Å². The monoisotopic (exact) mass is 550 g/mol. The lowest BCUT2D eigenvalue weighted by Gasteiger charge is -2.20. The number of sulfonamides is 1. The maximum atomic E-state index is 13.3. The molecule has 0 unspecified atom stereocenters. The fourth-order valence-corrected chi connectivity index (χ4v) is 5.24. The lowest BCUT2D eigenvalue weighted by Crippen LogP contribution is -2.38. The van der Waals surface area contributed by atoms with Gasteiger partial charge in [-0.05, 0) is 55.5 Å². The summed E-state index contributed by atoms with van der Waals surface area (Å²) in [5.74, 6) is 0.228. The van der Waals surface area contributed by atoms with Gasteiger partial charge in [-0.1, -0.05) is 47.5 Å². The van der Waals surface area contributed by atoms with Gasteiger partial charge in [0.05, 0.1) is 24.2 Å². The van der Waals surface area contributed by atoms with E-state index in [-0.39, 0.29) is 17.4 Å². The normalized spacial score (nSPS) is 11.4. The van der Waals surface area contributed by atoms with Crippen molar-refractivity contribution in [2.24, 2.45) is 0 Å². The molecule has 0 atom stereocenters. The number of hydrogen-bond acceptors (Lipinski definition) is 5. The maximum Gasteiger partial charge on any atom is 0.243 e. The van der Waals surface area contributed by atoms with Crippen LogP contribution in [0, 0.1) is 6.92 Å². The molecule has 3 aromatic carbocycles. The van der Waals surface area contributed by atoms with Gasteiger partial charge in [-0.25, -0.2) is 13.4 Å². The average Bonchev–Trinajstić information content (AvgIpc) is 3.32. The van der Waals surface area contributed by atoms with Gasteiger partial charge in [0.2, 0.25) is 21.9 Å². The van der Waals surface area contributed by atoms with E-state index in [4.69, 9.17) is 16.3 Å². The minimum atomic E-state index is -3.98. The topological polar surface area (TPSA) is 93.5 Å². The number of rotatable bonds is 10. The van der Waals surface area contributed by atoms with Gasteiger partial charge in [0.1, 0.15) is 5.75 Å². The zero-order chi connectivity index (χ0) is 27.3. The summed E-state index contributed by atoms with van der Waals surface area (Å²) in [7, 11) is -2.48. The number of amides is 1. The fraction of sp³-hybridized carbons (Fsp3) is 0.143. The van der Waals surface area contributed by atoms with Gasteiger partial charge in [-0.2, -0.15) is 4.31 Å². The second-order valence-electron chi connectivity index (χ2n) is 8.47. The average molecular weight is 551 g/mol. The number of benzene rings is 3. The Bertz CT molecular complexity index is 1530. The van der Waals surface area contributed by atoms with Crippen LogP contribution >= 0.6 is 11.6 Å². The Morgan fingerprint density at radius 2 is 1.74 bits per heavy atom. The number of ether oxygens (including phenoxy) is 1. The number of methoxy groups -OCH3 is 1. The largest absolute Gasteiger partial charge is 0.497 e. The number of carbonyl (C=O) groups is 1. The van der Waals surface area contributed by atoms with Crippen LogP contribution in [0.2, 0.25) is 5.02 Å². The Morgan fingerprint density at radius 1 is 1.08 bits per heavy atom. The Morgan fingerprint density at radius 3 is 2.34 bits per heavy atom. The van der Waals surface area contributed by atoms with Crippen molar-refractivity contribution < 1.29 is 17.9 Å². The number of halogens is 1. The summed E-state index contributed by atoms with van der Waals surface area (Å²) in [6.45, 7) is 5.15. The first kappa shape index (κ1) is 27.1. The first-order valence-electron chi connectivity index (χ1n) is 11.7. The number of carbonyl (C=O) groups excluding carboxylic acids is 1. The first-order chi connectivity index (χ1) is 18.2. The SMILES string of the molecule is C=CCN(CC(=O)Nc1nc(-c2ccc(Cl)cc2)cn1-c1ccc(C)cc1)S(=O)(=O)c1ccc(OC)cc1. The molecule has 4 aromatic rings. The van der Waals surface area contributed by atoms with Crippen molar-refractivity contribution >= 4 is 33.5 Å². The van der Waals surface area contributed by atoms with Gasteiger partial charge in [-0.3, -0.25) is 14.7 Å². The molecule has 1 heterocycles. The molecule has 0 saturated carbocycles. The number of anilines is 1. The van der Waals surface area contributed by atoms with Crippen LogP contribution in [0.4, 0.5) is 5.95 Å². The van der Waals surface area contributed by atoms with Crippen molar-refractivity contribution in [3.05, 3.63) is 102 Å². The van der Waals surface area contributed by atoms with Crippen molar-refractivity contribution in [1.82, 2.24) is 13.9 Å². The van der Waals surface area contributed by atoms with E-state index in [1.165, 1.54) is 25.3 Å². The highest BCUT2D eigenvalue weighted by Crippen LogP contribution is 2.26. The van der Waals surface area contributed by atoms with E-state index in [0.717, 1.165) is 21.1 Å². The summed E-state index contributed by atoms with van der Waals surface area (Å²) in [5, 5.41) is 3.38. The quantitative estimate of drug-likeness (QED) is 0.270. The maximum absolute atomic E-state index is 13.3. The highest BCUT2D eigenvalue weighted by atomic mass is 35.5. The zero-order valence-corrected chi connectivity index (χ0v) is 22.5. The standard InChI is InChI=1S/C28H27ClN4O4S/c1-4-17-32(38(35,36)25-15-13-24(37-3)14-16-25)19-27(34)31-28-30-26(21-7-9-22(29)10-8-21)18-33(28)23-11-5-20(2)6-12-23/h4-16,18H,1,17,19H2,2-3H3,(H,30,31,34). The van der Waals surface area contributed by atoms with Gasteiger partial charge in [0, 0.05) is 29.0 Å². The fourth-order valence-electron chi connectivity index (χ4n) is 3.74. The number of imidazole rings is 1. The van der Waals surface area contributed by atoms with Crippen LogP contribution in [0.25, 0.3) is 16.9 Å². The lowest BCUT2D eigenvalue weighted by atomic mass is 10.2. The minimum Gasteiger partial charge on any atom is -0.497 e. The zero-order valence-electron chi connectivity index (χ0n) is 21.0. The van der Waals surface area contributed by atoms with E-state index in [0.29, 0.717) is 16.5 Å². The molecule has 196 valence electrons. The second-order valence-corrected chi connectivity index (χ2v) is 10.8. The highest BCUT2D eigenvalue weighted by molar-refractivity contribution is 7.89. The van der Waals surface area contributed by atoms with Crippen molar-refractivity contribution in [3.63, 3.8) is 0 Å². The smallest absolute Gasteiger partial charge is 0.243 e. The van der Waals surface area contributed by atoms with Crippen LogP contribution in [0.15, 0.2) is 96.5 Å². The first-order valence-corrected chi connectivity index (χ1v) is 13.5. The minimum absolute atomic E-state index is 0.0409. The third-order valence-corrected chi connectivity index (χ3v) is 7.84. The van der Waals surface area contributed by atoms with Crippen molar-refractivity contribution in [1.29, 1.82) is 0 Å². The summed E-state index contributed by atoms with van der Waals surface area (Å²) in [6, 6.07) is 20.9. The van der Waals surface area contributed by atoms with Crippen LogP contribution in [-0.4, -0.2) is 48.4 Å². The molecule has 0 saturated heterocycles. The van der Waals surface area contributed by atoms with Crippen molar-refractivity contribution in [2.45, 2.75) is 11.8 Å². The van der Waals surface area contributed by atoms with Crippen molar-refractivity contribution in [3.8, 4) is 22.7 Å². The molecule has 10 heteroatoms. The summed E-state index contributed by atoms with van der Waals surface area (Å²) in [6.07, 6.45) is 3.24. The van der Waals surface area contributed by atoms with Gasteiger partial charge < -0.3 is 4.74 Å². The summed E-state index contributed by atoms with van der Waals surface area (Å²) >= 11 is 6.04. The Hall–Kier alpha value is -3.92. The lowest BCUT2D eigenvalue weighted by molar-refractivity contribution is -0.116. The Balaban J connectivity index is 1.63. The number of aromatic nitrogens is 2. The van der Waals surface area contributed by atoms with Gasteiger partial charge in [0.25, 0.3) is 0 Å². The van der Waals surface area contributed by atoms with Crippen LogP contribution < -0.4 is 10.1 Å². The molecule has 1 N–H and O–H groups in total. The molecule has 0 radical (unpaired) electrons. The van der Waals surface area contributed by atoms with E-state index < -0.39 is 22.5 Å².